The molecule has 0 bridgehead atoms. The molecule has 3 heterocycles. The van der Waals surface area contributed by atoms with Crippen LogP contribution in [0.25, 0.3) is 11.1 Å². The summed E-state index contributed by atoms with van der Waals surface area (Å²) in [5, 5.41) is 0. The maximum absolute atomic E-state index is 12.9. The number of fused-ring (bicyclic) bond motifs is 1. The fourth-order valence-corrected chi connectivity index (χ4v) is 6.20. The SMILES string of the molecule is CC(CC1CN(CCC(=O)c2ccc3[nH]c(=O)oc3c2)CCC1C(N)=O)c1ccc(N2CCCCC2)cc1. The van der Waals surface area contributed by atoms with Crippen LogP contribution in [0.4, 0.5) is 5.69 Å². The number of amides is 1. The van der Waals surface area contributed by atoms with Gasteiger partial charge in [-0.15, -0.1) is 0 Å². The van der Waals surface area contributed by atoms with Crippen LogP contribution in [0, 0.1) is 11.8 Å². The smallest absolute Gasteiger partial charge is 0.408 e. The zero-order valence-electron chi connectivity index (χ0n) is 22.2. The monoisotopic (exact) mass is 518 g/mol. The van der Waals surface area contributed by atoms with E-state index in [4.69, 9.17) is 10.2 Å². The van der Waals surface area contributed by atoms with Gasteiger partial charge in [0.2, 0.25) is 5.91 Å². The highest BCUT2D eigenvalue weighted by atomic mass is 16.4. The number of carbonyl (C=O) groups excluding carboxylic acids is 2. The maximum atomic E-state index is 12.9. The fourth-order valence-electron chi connectivity index (χ4n) is 6.20. The van der Waals surface area contributed by atoms with Gasteiger partial charge in [-0.05, 0) is 86.4 Å². The second kappa shape index (κ2) is 11.6. The Balaban J connectivity index is 1.19. The average molecular weight is 519 g/mol. The van der Waals surface area contributed by atoms with Crippen molar-refractivity contribution in [1.82, 2.24) is 9.88 Å². The van der Waals surface area contributed by atoms with E-state index in [1.54, 1.807) is 18.2 Å². The van der Waals surface area contributed by atoms with E-state index in [-0.39, 0.29) is 23.5 Å². The van der Waals surface area contributed by atoms with Crippen molar-refractivity contribution in [3.63, 3.8) is 0 Å². The predicted molar refractivity (Wildman–Crippen MR) is 149 cm³/mol. The number of aromatic amines is 1. The standard InChI is InChI=1S/C30H38N4O4/c1-20(21-5-8-24(9-6-21)34-13-3-2-4-14-34)17-23-19-33(15-11-25(23)29(31)36)16-12-27(35)22-7-10-26-28(18-22)38-30(37)32-26/h5-10,18,20,23,25H,2-4,11-17,19H2,1H3,(H2,31,36)(H,32,37). The molecule has 0 saturated carbocycles. The van der Waals surface area contributed by atoms with Crippen LogP contribution in [0.1, 0.15) is 67.3 Å². The number of anilines is 1. The van der Waals surface area contributed by atoms with Crippen molar-refractivity contribution < 1.29 is 14.0 Å². The van der Waals surface area contributed by atoms with E-state index in [0.717, 1.165) is 39.0 Å². The lowest BCUT2D eigenvalue weighted by Crippen LogP contribution is -2.46. The summed E-state index contributed by atoms with van der Waals surface area (Å²) in [6.07, 6.45) is 5.80. The molecule has 38 heavy (non-hydrogen) atoms. The molecule has 3 aromatic rings. The second-order valence-corrected chi connectivity index (χ2v) is 11.0. The number of likely N-dealkylation sites (tertiary alicyclic amines) is 1. The zero-order valence-corrected chi connectivity index (χ0v) is 22.2. The lowest BCUT2D eigenvalue weighted by Gasteiger charge is -2.38. The van der Waals surface area contributed by atoms with E-state index in [0.29, 0.717) is 35.5 Å². The molecule has 8 heteroatoms. The van der Waals surface area contributed by atoms with E-state index < -0.39 is 5.76 Å². The molecule has 3 unspecified atom stereocenters. The number of nitrogens with zero attached hydrogens (tertiary/aromatic N) is 2. The molecule has 0 radical (unpaired) electrons. The Bertz CT molecular complexity index is 1320. The van der Waals surface area contributed by atoms with E-state index >= 15 is 0 Å². The van der Waals surface area contributed by atoms with Gasteiger partial charge in [0.1, 0.15) is 0 Å². The first-order valence-corrected chi connectivity index (χ1v) is 13.9. The van der Waals surface area contributed by atoms with Gasteiger partial charge in [0.05, 0.1) is 5.52 Å². The third kappa shape index (κ3) is 6.01. The van der Waals surface area contributed by atoms with Gasteiger partial charge in [-0.2, -0.15) is 0 Å². The molecule has 0 spiro atoms. The molecular formula is C30H38N4O4. The Morgan fingerprint density at radius 3 is 2.58 bits per heavy atom. The highest BCUT2D eigenvalue weighted by molar-refractivity contribution is 5.98. The van der Waals surface area contributed by atoms with Crippen LogP contribution in [0.5, 0.6) is 0 Å². The van der Waals surface area contributed by atoms with Gasteiger partial charge in [0.15, 0.2) is 11.4 Å². The first-order chi connectivity index (χ1) is 18.4. The fraction of sp³-hybridized carbons (Fsp3) is 0.500. The third-order valence-electron chi connectivity index (χ3n) is 8.42. The van der Waals surface area contributed by atoms with Gasteiger partial charge >= 0.3 is 5.76 Å². The number of primary amides is 1. The number of carbonyl (C=O) groups is 2. The highest BCUT2D eigenvalue weighted by Crippen LogP contribution is 2.34. The summed E-state index contributed by atoms with van der Waals surface area (Å²) in [4.78, 5) is 43.9. The van der Waals surface area contributed by atoms with Gasteiger partial charge < -0.3 is 20.0 Å². The van der Waals surface area contributed by atoms with E-state index in [1.807, 2.05) is 0 Å². The summed E-state index contributed by atoms with van der Waals surface area (Å²) in [6.45, 7) is 6.62. The highest BCUT2D eigenvalue weighted by Gasteiger charge is 2.34. The van der Waals surface area contributed by atoms with Crippen molar-refractivity contribution in [3.8, 4) is 0 Å². The van der Waals surface area contributed by atoms with Gasteiger partial charge in [-0.3, -0.25) is 14.6 Å². The summed E-state index contributed by atoms with van der Waals surface area (Å²) >= 11 is 0. The summed E-state index contributed by atoms with van der Waals surface area (Å²) < 4.78 is 5.09. The van der Waals surface area contributed by atoms with Crippen molar-refractivity contribution in [2.24, 2.45) is 17.6 Å². The summed E-state index contributed by atoms with van der Waals surface area (Å²) in [7, 11) is 0. The number of aromatic nitrogens is 1. The lowest BCUT2D eigenvalue weighted by atomic mass is 9.78. The lowest BCUT2D eigenvalue weighted by molar-refractivity contribution is -0.125. The molecule has 2 saturated heterocycles. The average Bonchev–Trinajstić information content (AvgIpc) is 3.31. The van der Waals surface area contributed by atoms with Crippen LogP contribution in [-0.4, -0.2) is 54.3 Å². The van der Waals surface area contributed by atoms with Gasteiger partial charge in [0.25, 0.3) is 0 Å². The van der Waals surface area contributed by atoms with Gasteiger partial charge in [-0.25, -0.2) is 4.79 Å². The Kier molecular flexibility index (Phi) is 7.98. The molecule has 3 atom stereocenters. The molecular weight excluding hydrogens is 480 g/mol. The number of nitrogens with one attached hydrogen (secondary N) is 1. The van der Waals surface area contributed by atoms with Crippen molar-refractivity contribution >= 4 is 28.5 Å². The van der Waals surface area contributed by atoms with E-state index in [9.17, 15) is 14.4 Å². The number of hydrogen-bond acceptors (Lipinski definition) is 6. The molecule has 0 aliphatic carbocycles. The van der Waals surface area contributed by atoms with Crippen molar-refractivity contribution in [3.05, 3.63) is 64.1 Å². The number of nitrogens with two attached hydrogens (primary N) is 1. The Labute approximate surface area is 223 Å². The number of oxazole rings is 1. The maximum Gasteiger partial charge on any atom is 0.417 e. The Hall–Kier alpha value is -3.39. The van der Waals surface area contributed by atoms with Crippen molar-refractivity contribution in [1.29, 1.82) is 0 Å². The predicted octanol–water partition coefficient (Wildman–Crippen LogP) is 4.30. The van der Waals surface area contributed by atoms with Gasteiger partial charge in [0, 0.05) is 49.8 Å². The van der Waals surface area contributed by atoms with Crippen molar-refractivity contribution in [2.75, 3.05) is 37.6 Å². The number of ketones is 1. The topological polar surface area (TPSA) is 113 Å². The summed E-state index contributed by atoms with van der Waals surface area (Å²) in [5.74, 6) is -0.428. The van der Waals surface area contributed by atoms with Crippen LogP contribution in [0.3, 0.4) is 0 Å². The van der Waals surface area contributed by atoms with E-state index in [1.165, 1.54) is 30.5 Å². The molecule has 3 N–H and O–H groups in total. The molecule has 2 fully saturated rings. The number of hydrogen-bond donors (Lipinski definition) is 2. The molecule has 1 amide bonds. The van der Waals surface area contributed by atoms with Crippen LogP contribution in [-0.2, 0) is 4.79 Å². The molecule has 2 aliphatic heterocycles. The largest absolute Gasteiger partial charge is 0.417 e. The minimum absolute atomic E-state index is 0.00601. The number of piperidine rings is 2. The second-order valence-electron chi connectivity index (χ2n) is 11.0. The first kappa shape index (κ1) is 26.2. The van der Waals surface area contributed by atoms with Crippen LogP contribution in [0.15, 0.2) is 51.7 Å². The molecule has 2 aliphatic rings. The third-order valence-corrected chi connectivity index (χ3v) is 8.42. The molecule has 8 nitrogen and oxygen atoms in total. The number of rotatable bonds is 9. The Morgan fingerprint density at radius 2 is 1.84 bits per heavy atom. The number of benzene rings is 2. The zero-order chi connectivity index (χ0) is 26.6. The van der Waals surface area contributed by atoms with E-state index in [2.05, 4.69) is 46.0 Å². The normalized spacial score (nSPS) is 21.4. The van der Waals surface area contributed by atoms with Crippen LogP contribution in [0.2, 0.25) is 0 Å². The van der Waals surface area contributed by atoms with Crippen LogP contribution < -0.4 is 16.4 Å². The summed E-state index contributed by atoms with van der Waals surface area (Å²) in [6, 6.07) is 14.0. The molecule has 202 valence electrons. The Morgan fingerprint density at radius 1 is 1.08 bits per heavy atom. The number of Topliss-reactive ketones (excluding diaryl/α,β-unsaturated/α-hetero) is 1. The minimum atomic E-state index is -0.528. The summed E-state index contributed by atoms with van der Waals surface area (Å²) in [5.41, 5.74) is 9.90. The molecule has 1 aromatic heterocycles. The molecule has 5 rings (SSSR count). The first-order valence-electron chi connectivity index (χ1n) is 13.9. The number of H-pyrrole nitrogens is 1. The van der Waals surface area contributed by atoms with Crippen molar-refractivity contribution in [2.45, 2.75) is 51.4 Å². The van der Waals surface area contributed by atoms with Gasteiger partial charge in [-0.1, -0.05) is 19.1 Å². The minimum Gasteiger partial charge on any atom is -0.408 e. The quantitative estimate of drug-likeness (QED) is 0.409. The van der Waals surface area contributed by atoms with Crippen LogP contribution >= 0.6 is 0 Å². The molecule has 2 aromatic carbocycles.